The highest BCUT2D eigenvalue weighted by Gasteiger charge is 2.30. The number of nitrogens with two attached hydrogens (primary N) is 1. The fourth-order valence-corrected chi connectivity index (χ4v) is 1.72. The fourth-order valence-electron chi connectivity index (χ4n) is 1.72. The van der Waals surface area contributed by atoms with Crippen LogP contribution < -0.4 is 21.7 Å². The molecule has 148 valence electrons. The van der Waals surface area contributed by atoms with E-state index in [4.69, 9.17) is 15.9 Å². The summed E-state index contributed by atoms with van der Waals surface area (Å²) in [5.41, 5.74) is 5.37. The molecule has 0 aliphatic heterocycles. The third-order valence-corrected chi connectivity index (χ3v) is 3.28. The molecule has 5 atom stereocenters. The Balaban J connectivity index is 4.87. The van der Waals surface area contributed by atoms with Crippen LogP contribution in [0.5, 0.6) is 0 Å². The van der Waals surface area contributed by atoms with Gasteiger partial charge in [-0.1, -0.05) is 0 Å². The van der Waals surface area contributed by atoms with E-state index in [0.29, 0.717) is 0 Å². The van der Waals surface area contributed by atoms with Crippen molar-refractivity contribution < 1.29 is 39.3 Å². The lowest BCUT2D eigenvalue weighted by atomic mass is 10.1. The molecule has 12 nitrogen and oxygen atoms in total. The summed E-state index contributed by atoms with van der Waals surface area (Å²) in [6.45, 7) is 3.71. The highest BCUT2D eigenvalue weighted by atomic mass is 16.4. The van der Waals surface area contributed by atoms with E-state index in [1.54, 1.807) is 0 Å². The third kappa shape index (κ3) is 7.90. The lowest BCUT2D eigenvalue weighted by Gasteiger charge is -2.24. The minimum atomic E-state index is -1.49. The Hall–Kier alpha value is -2.73. The molecule has 3 amide bonds. The third-order valence-electron chi connectivity index (χ3n) is 3.28. The van der Waals surface area contributed by atoms with Crippen molar-refractivity contribution in [2.45, 2.75) is 57.5 Å². The number of hydrogen-bond acceptors (Lipinski definition) is 7. The zero-order valence-corrected chi connectivity index (χ0v) is 14.6. The van der Waals surface area contributed by atoms with Crippen LogP contribution in [0.3, 0.4) is 0 Å². The van der Waals surface area contributed by atoms with E-state index in [2.05, 4.69) is 16.0 Å². The molecule has 26 heavy (non-hydrogen) atoms. The van der Waals surface area contributed by atoms with Crippen molar-refractivity contribution in [3.63, 3.8) is 0 Å². The van der Waals surface area contributed by atoms with Crippen molar-refractivity contribution in [1.82, 2.24) is 16.0 Å². The van der Waals surface area contributed by atoms with Gasteiger partial charge in [-0.15, -0.1) is 0 Å². The van der Waals surface area contributed by atoms with Crippen LogP contribution in [0.2, 0.25) is 0 Å². The average Bonchev–Trinajstić information content (AvgIpc) is 2.50. The van der Waals surface area contributed by atoms with Gasteiger partial charge in [-0.25, -0.2) is 0 Å². The van der Waals surface area contributed by atoms with Crippen LogP contribution in [0, 0.1) is 0 Å². The van der Waals surface area contributed by atoms with Crippen molar-refractivity contribution in [2.24, 2.45) is 5.73 Å². The molecule has 5 unspecified atom stereocenters. The quantitative estimate of drug-likeness (QED) is 0.204. The molecule has 0 aliphatic carbocycles. The number of nitrogens with one attached hydrogen (secondary N) is 3. The Morgan fingerprint density at radius 3 is 1.77 bits per heavy atom. The molecule has 0 saturated heterocycles. The Labute approximate surface area is 149 Å². The van der Waals surface area contributed by atoms with Crippen LogP contribution in [0.15, 0.2) is 0 Å². The van der Waals surface area contributed by atoms with Gasteiger partial charge in [-0.05, 0) is 20.8 Å². The van der Waals surface area contributed by atoms with Gasteiger partial charge in [-0.3, -0.25) is 24.0 Å². The summed E-state index contributed by atoms with van der Waals surface area (Å²) in [4.78, 5) is 57.0. The summed E-state index contributed by atoms with van der Waals surface area (Å²) in [6.07, 6.45) is -2.05. The summed E-state index contributed by atoms with van der Waals surface area (Å²) >= 11 is 0. The molecule has 0 spiro atoms. The van der Waals surface area contributed by atoms with Crippen molar-refractivity contribution in [3.8, 4) is 0 Å². The van der Waals surface area contributed by atoms with E-state index in [1.165, 1.54) is 20.8 Å². The van der Waals surface area contributed by atoms with Gasteiger partial charge in [0.05, 0.1) is 18.6 Å². The summed E-state index contributed by atoms with van der Waals surface area (Å²) in [7, 11) is 0. The maximum Gasteiger partial charge on any atom is 0.325 e. The van der Waals surface area contributed by atoms with Crippen LogP contribution >= 0.6 is 0 Å². The minimum absolute atomic E-state index is 0.675. The van der Waals surface area contributed by atoms with Crippen molar-refractivity contribution >= 4 is 29.7 Å². The molecule has 0 bridgehead atoms. The number of aliphatic hydroxyl groups excluding tert-OH is 1. The Bertz CT molecular complexity index is 565. The summed E-state index contributed by atoms with van der Waals surface area (Å²) in [5, 5.41) is 33.5. The predicted octanol–water partition coefficient (Wildman–Crippen LogP) is -3.25. The molecule has 0 aromatic heterocycles. The number of amides is 3. The van der Waals surface area contributed by atoms with Gasteiger partial charge in [0.15, 0.2) is 0 Å². The Kier molecular flexibility index (Phi) is 9.22. The van der Waals surface area contributed by atoms with Gasteiger partial charge in [0.25, 0.3) is 0 Å². The number of carboxylic acid groups (broad SMARTS) is 2. The highest BCUT2D eigenvalue weighted by Crippen LogP contribution is 1.98. The molecule has 0 aromatic rings. The van der Waals surface area contributed by atoms with Crippen LogP contribution in [0.4, 0.5) is 0 Å². The van der Waals surface area contributed by atoms with Crippen LogP contribution in [-0.4, -0.2) is 75.3 Å². The monoisotopic (exact) mass is 376 g/mol. The zero-order chi connectivity index (χ0) is 20.6. The van der Waals surface area contributed by atoms with E-state index >= 15 is 0 Å². The van der Waals surface area contributed by atoms with Gasteiger partial charge in [0.1, 0.15) is 18.1 Å². The molecule has 0 saturated carbocycles. The molecule has 0 aromatic carbocycles. The maximum atomic E-state index is 12.2. The van der Waals surface area contributed by atoms with Crippen molar-refractivity contribution in [2.75, 3.05) is 0 Å². The molecule has 0 fully saturated rings. The van der Waals surface area contributed by atoms with Gasteiger partial charge in [0.2, 0.25) is 17.7 Å². The second-order valence-corrected chi connectivity index (χ2v) is 5.73. The molecule has 8 N–H and O–H groups in total. The van der Waals surface area contributed by atoms with Crippen LogP contribution in [0.25, 0.3) is 0 Å². The molecule has 0 radical (unpaired) electrons. The standard InChI is InChI=1S/C14H24N4O8/c1-5(11(22)17-6(2)14(25)26)16-13(24)10(7(3)19)18-12(23)8(15)4-9(20)21/h5-8,10,19H,4,15H2,1-3H3,(H,16,24)(H,17,22)(H,18,23)(H,20,21)(H,25,26). The summed E-state index contributed by atoms with van der Waals surface area (Å²) in [5.74, 6) is -5.26. The van der Waals surface area contributed by atoms with Crippen molar-refractivity contribution in [3.05, 3.63) is 0 Å². The summed E-state index contributed by atoms with van der Waals surface area (Å²) < 4.78 is 0. The van der Waals surface area contributed by atoms with Crippen LogP contribution in [-0.2, 0) is 24.0 Å². The highest BCUT2D eigenvalue weighted by molar-refractivity contribution is 5.94. The number of hydrogen-bond donors (Lipinski definition) is 7. The van der Waals surface area contributed by atoms with E-state index in [-0.39, 0.29) is 0 Å². The van der Waals surface area contributed by atoms with Gasteiger partial charge in [-0.2, -0.15) is 0 Å². The number of carboxylic acids is 2. The number of aliphatic carboxylic acids is 2. The van der Waals surface area contributed by atoms with E-state index in [9.17, 15) is 29.1 Å². The number of aliphatic hydroxyl groups is 1. The fraction of sp³-hybridized carbons (Fsp3) is 0.643. The molecule has 12 heteroatoms. The molecule has 0 heterocycles. The topological polar surface area (TPSA) is 208 Å². The van der Waals surface area contributed by atoms with Crippen molar-refractivity contribution in [1.29, 1.82) is 0 Å². The molecular weight excluding hydrogens is 352 g/mol. The normalized spacial score (nSPS) is 16.3. The lowest BCUT2D eigenvalue weighted by molar-refractivity contribution is -0.141. The predicted molar refractivity (Wildman–Crippen MR) is 86.7 cm³/mol. The van der Waals surface area contributed by atoms with E-state index in [1.807, 2.05) is 0 Å². The maximum absolute atomic E-state index is 12.2. The molecule has 0 aliphatic rings. The first-order chi connectivity index (χ1) is 11.9. The first-order valence-corrected chi connectivity index (χ1v) is 7.66. The zero-order valence-electron chi connectivity index (χ0n) is 14.6. The molecular formula is C14H24N4O8. The largest absolute Gasteiger partial charge is 0.481 e. The van der Waals surface area contributed by atoms with E-state index in [0.717, 1.165) is 0 Å². The van der Waals surface area contributed by atoms with Gasteiger partial charge < -0.3 is 37.0 Å². The smallest absolute Gasteiger partial charge is 0.325 e. The second kappa shape index (κ2) is 10.3. The Morgan fingerprint density at radius 1 is 0.846 bits per heavy atom. The van der Waals surface area contributed by atoms with Crippen LogP contribution in [0.1, 0.15) is 27.2 Å². The minimum Gasteiger partial charge on any atom is -0.481 e. The first kappa shape index (κ1) is 23.3. The second-order valence-electron chi connectivity index (χ2n) is 5.73. The Morgan fingerprint density at radius 2 is 1.35 bits per heavy atom. The van der Waals surface area contributed by atoms with Gasteiger partial charge >= 0.3 is 11.9 Å². The first-order valence-electron chi connectivity index (χ1n) is 7.66. The SMILES string of the molecule is CC(NC(=O)C(C)NC(=O)C(NC(=O)C(N)CC(=O)O)C(C)O)C(=O)O. The van der Waals surface area contributed by atoms with E-state index < -0.39 is 66.4 Å². The van der Waals surface area contributed by atoms with Gasteiger partial charge in [0, 0.05) is 0 Å². The number of carbonyl (C=O) groups is 5. The number of rotatable bonds is 10. The lowest BCUT2D eigenvalue weighted by Crippen LogP contribution is -2.59. The number of carbonyl (C=O) groups excluding carboxylic acids is 3. The molecule has 0 rings (SSSR count). The summed E-state index contributed by atoms with van der Waals surface area (Å²) in [6, 6.07) is -5.26. The average molecular weight is 376 g/mol.